The van der Waals surface area contributed by atoms with E-state index < -0.39 is 6.10 Å². The van der Waals surface area contributed by atoms with E-state index >= 15 is 0 Å². The van der Waals surface area contributed by atoms with E-state index in [1.54, 1.807) is 11.3 Å². The van der Waals surface area contributed by atoms with Crippen molar-refractivity contribution in [2.75, 3.05) is 6.54 Å². The Kier molecular flexibility index (Phi) is 5.94. The van der Waals surface area contributed by atoms with Gasteiger partial charge in [-0.15, -0.1) is 11.3 Å². The lowest BCUT2D eigenvalue weighted by Crippen LogP contribution is -2.33. The van der Waals surface area contributed by atoms with Gasteiger partial charge < -0.3 is 10.4 Å². The molecule has 1 unspecified atom stereocenters. The van der Waals surface area contributed by atoms with Gasteiger partial charge in [0.2, 0.25) is 5.91 Å². The highest BCUT2D eigenvalue weighted by molar-refractivity contribution is 7.09. The van der Waals surface area contributed by atoms with Gasteiger partial charge in [0.05, 0.1) is 23.2 Å². The summed E-state index contributed by atoms with van der Waals surface area (Å²) in [4.78, 5) is 16.2. The van der Waals surface area contributed by atoms with E-state index in [9.17, 15) is 9.90 Å². The van der Waals surface area contributed by atoms with Crippen molar-refractivity contribution < 1.29 is 9.90 Å². The molecule has 0 bridgehead atoms. The number of carbonyl (C=O) groups excluding carboxylic acids is 1. The van der Waals surface area contributed by atoms with Gasteiger partial charge in [0.15, 0.2) is 0 Å². The monoisotopic (exact) mass is 284 g/mol. The minimum absolute atomic E-state index is 0.0245. The summed E-state index contributed by atoms with van der Waals surface area (Å²) in [5.41, 5.74) is 0.828. The van der Waals surface area contributed by atoms with E-state index in [2.05, 4.69) is 31.1 Å². The molecule has 4 nitrogen and oxygen atoms in total. The molecular formula is C14H24N2O2S. The molecule has 1 aromatic heterocycles. The van der Waals surface area contributed by atoms with Crippen LogP contribution in [0.15, 0.2) is 5.38 Å². The summed E-state index contributed by atoms with van der Waals surface area (Å²) in [5.74, 6) is -0.0825. The van der Waals surface area contributed by atoms with Gasteiger partial charge in [-0.1, -0.05) is 34.1 Å². The molecule has 0 aliphatic heterocycles. The van der Waals surface area contributed by atoms with E-state index in [0.29, 0.717) is 13.0 Å². The molecule has 5 heteroatoms. The minimum Gasteiger partial charge on any atom is -0.391 e. The third-order valence-corrected chi connectivity index (χ3v) is 4.01. The zero-order valence-electron chi connectivity index (χ0n) is 12.2. The number of hydrogen-bond acceptors (Lipinski definition) is 4. The smallest absolute Gasteiger partial charge is 0.226 e. The molecule has 1 heterocycles. The lowest BCUT2D eigenvalue weighted by molar-refractivity contribution is -0.120. The van der Waals surface area contributed by atoms with Gasteiger partial charge in [0.25, 0.3) is 0 Å². The maximum atomic E-state index is 11.7. The number of aromatic nitrogens is 1. The Labute approximate surface area is 119 Å². The van der Waals surface area contributed by atoms with Crippen LogP contribution >= 0.6 is 11.3 Å². The van der Waals surface area contributed by atoms with Gasteiger partial charge in [0.1, 0.15) is 0 Å². The van der Waals surface area contributed by atoms with Crippen molar-refractivity contribution in [3.63, 3.8) is 0 Å². The maximum absolute atomic E-state index is 11.7. The van der Waals surface area contributed by atoms with Gasteiger partial charge in [-0.25, -0.2) is 4.98 Å². The maximum Gasteiger partial charge on any atom is 0.226 e. The van der Waals surface area contributed by atoms with Crippen LogP contribution in [-0.2, 0) is 16.6 Å². The summed E-state index contributed by atoms with van der Waals surface area (Å²) in [7, 11) is 0. The summed E-state index contributed by atoms with van der Waals surface area (Å²) in [5, 5.41) is 15.3. The highest BCUT2D eigenvalue weighted by Crippen LogP contribution is 2.25. The summed E-state index contributed by atoms with van der Waals surface area (Å²) in [6.45, 7) is 8.65. The zero-order valence-corrected chi connectivity index (χ0v) is 13.0. The van der Waals surface area contributed by atoms with Crippen molar-refractivity contribution in [2.24, 2.45) is 0 Å². The topological polar surface area (TPSA) is 62.2 Å². The molecule has 0 saturated carbocycles. The summed E-state index contributed by atoms with van der Waals surface area (Å²) in [6, 6.07) is 0. The molecular weight excluding hydrogens is 260 g/mol. The molecule has 0 aliphatic rings. The largest absolute Gasteiger partial charge is 0.391 e. The number of carbonyl (C=O) groups is 1. The Balaban J connectivity index is 2.42. The third kappa shape index (κ3) is 5.70. The lowest BCUT2D eigenvalue weighted by atomic mass is 9.98. The predicted molar refractivity (Wildman–Crippen MR) is 78.4 cm³/mol. The van der Waals surface area contributed by atoms with Crippen molar-refractivity contribution in [1.82, 2.24) is 10.3 Å². The molecule has 0 spiro atoms. The Bertz CT molecular complexity index is 410. The van der Waals surface area contributed by atoms with Crippen molar-refractivity contribution >= 4 is 17.2 Å². The molecule has 1 atom stereocenters. The Morgan fingerprint density at radius 3 is 2.74 bits per heavy atom. The van der Waals surface area contributed by atoms with E-state index in [0.717, 1.165) is 17.1 Å². The number of hydrogen-bond donors (Lipinski definition) is 2. The van der Waals surface area contributed by atoms with Crippen LogP contribution in [0.5, 0.6) is 0 Å². The molecule has 0 aromatic carbocycles. The van der Waals surface area contributed by atoms with Gasteiger partial charge in [0, 0.05) is 17.3 Å². The van der Waals surface area contributed by atoms with E-state index in [4.69, 9.17) is 0 Å². The van der Waals surface area contributed by atoms with Crippen molar-refractivity contribution in [3.8, 4) is 0 Å². The molecule has 2 N–H and O–H groups in total. The molecule has 19 heavy (non-hydrogen) atoms. The fraction of sp³-hybridized carbons (Fsp3) is 0.714. The highest BCUT2D eigenvalue weighted by Gasteiger charge is 2.18. The van der Waals surface area contributed by atoms with E-state index in [1.807, 2.05) is 12.3 Å². The van der Waals surface area contributed by atoms with Crippen LogP contribution in [-0.4, -0.2) is 28.6 Å². The Morgan fingerprint density at radius 2 is 2.21 bits per heavy atom. The second kappa shape index (κ2) is 7.01. The molecule has 0 fully saturated rings. The van der Waals surface area contributed by atoms with Crippen LogP contribution in [0.2, 0.25) is 0 Å². The fourth-order valence-corrected chi connectivity index (χ4v) is 2.53. The van der Waals surface area contributed by atoms with Gasteiger partial charge in [-0.05, 0) is 6.42 Å². The number of amides is 1. The lowest BCUT2D eigenvalue weighted by Gasteiger charge is -2.13. The minimum atomic E-state index is -0.450. The zero-order chi connectivity index (χ0) is 14.5. The van der Waals surface area contributed by atoms with Crippen molar-refractivity contribution in [3.05, 3.63) is 16.1 Å². The van der Waals surface area contributed by atoms with Crippen LogP contribution in [0.3, 0.4) is 0 Å². The number of rotatable bonds is 6. The van der Waals surface area contributed by atoms with Gasteiger partial charge >= 0.3 is 0 Å². The summed E-state index contributed by atoms with van der Waals surface area (Å²) >= 11 is 1.59. The highest BCUT2D eigenvalue weighted by atomic mass is 32.1. The quantitative estimate of drug-likeness (QED) is 0.842. The average molecular weight is 284 g/mol. The van der Waals surface area contributed by atoms with Crippen LogP contribution in [0.1, 0.15) is 51.2 Å². The first kappa shape index (κ1) is 16.1. The van der Waals surface area contributed by atoms with Gasteiger partial charge in [-0.2, -0.15) is 0 Å². The fourth-order valence-electron chi connectivity index (χ4n) is 1.63. The van der Waals surface area contributed by atoms with Crippen molar-refractivity contribution in [2.45, 2.75) is 58.5 Å². The van der Waals surface area contributed by atoms with Crippen molar-refractivity contribution in [1.29, 1.82) is 0 Å². The first-order valence-electron chi connectivity index (χ1n) is 6.72. The van der Waals surface area contributed by atoms with Gasteiger partial charge in [-0.3, -0.25) is 4.79 Å². The predicted octanol–water partition coefficient (Wildman–Crippen LogP) is 2.26. The average Bonchev–Trinajstić information content (AvgIpc) is 2.75. The van der Waals surface area contributed by atoms with E-state index in [1.165, 1.54) is 0 Å². The number of nitrogens with zero attached hydrogens (tertiary/aromatic N) is 1. The Morgan fingerprint density at radius 1 is 1.53 bits per heavy atom. The standard InChI is InChI=1S/C14H24N2O2S/c1-5-6-11(17)8-15-12(18)7-10-9-19-13(16-10)14(2,3)4/h9,11,17H,5-8H2,1-4H3,(H,15,18). The number of nitrogens with one attached hydrogen (secondary N) is 1. The number of aliphatic hydroxyl groups excluding tert-OH is 1. The van der Waals surface area contributed by atoms with Crippen LogP contribution in [0.4, 0.5) is 0 Å². The first-order valence-corrected chi connectivity index (χ1v) is 7.60. The molecule has 0 radical (unpaired) electrons. The number of thiazole rings is 1. The number of aliphatic hydroxyl groups is 1. The second-order valence-corrected chi connectivity index (χ2v) is 6.68. The van der Waals surface area contributed by atoms with E-state index in [-0.39, 0.29) is 17.7 Å². The SMILES string of the molecule is CCCC(O)CNC(=O)Cc1csc(C(C)(C)C)n1. The molecule has 0 aliphatic carbocycles. The summed E-state index contributed by atoms with van der Waals surface area (Å²) < 4.78 is 0. The second-order valence-electron chi connectivity index (χ2n) is 5.82. The third-order valence-electron chi connectivity index (χ3n) is 2.69. The molecule has 1 amide bonds. The molecule has 108 valence electrons. The molecule has 1 rings (SSSR count). The Hall–Kier alpha value is -0.940. The normalized spacial score (nSPS) is 13.3. The molecule has 1 aromatic rings. The van der Waals surface area contributed by atoms with Crippen LogP contribution in [0, 0.1) is 0 Å². The summed E-state index contributed by atoms with van der Waals surface area (Å²) in [6.07, 6.45) is 1.46. The first-order chi connectivity index (χ1) is 8.82. The molecule has 0 saturated heterocycles. The van der Waals surface area contributed by atoms with Crippen LogP contribution in [0.25, 0.3) is 0 Å². The van der Waals surface area contributed by atoms with Crippen LogP contribution < -0.4 is 5.32 Å².